The third kappa shape index (κ3) is 6.57. The summed E-state index contributed by atoms with van der Waals surface area (Å²) in [6, 6.07) is 10.6. The van der Waals surface area contributed by atoms with E-state index in [1.54, 1.807) is 36.2 Å². The van der Waals surface area contributed by atoms with Crippen LogP contribution in [0.3, 0.4) is 0 Å². The number of esters is 1. The predicted molar refractivity (Wildman–Crippen MR) is 118 cm³/mol. The van der Waals surface area contributed by atoms with E-state index in [2.05, 4.69) is 0 Å². The highest BCUT2D eigenvalue weighted by atomic mass is 16.6. The monoisotopic (exact) mass is 413 g/mol. The van der Waals surface area contributed by atoms with Gasteiger partial charge in [0.2, 0.25) is 0 Å². The first kappa shape index (κ1) is 23.4. The van der Waals surface area contributed by atoms with Gasteiger partial charge in [-0.25, -0.2) is 10.6 Å². The van der Waals surface area contributed by atoms with Crippen LogP contribution < -0.4 is 16.6 Å². The number of benzene rings is 2. The van der Waals surface area contributed by atoms with Crippen molar-refractivity contribution in [3.05, 3.63) is 58.7 Å². The molecule has 2 aromatic rings. The van der Waals surface area contributed by atoms with Crippen molar-refractivity contribution in [1.29, 1.82) is 0 Å². The van der Waals surface area contributed by atoms with Crippen LogP contribution in [-0.4, -0.2) is 31.0 Å². The molecule has 0 amide bonds. The SMILES string of the molecule is Cc1c(C=O)ccc(N(N)CCCOCc2ccc(C(=O)OC(C)(C)C)cc2)c1N. The van der Waals surface area contributed by atoms with Crippen molar-refractivity contribution in [3.63, 3.8) is 0 Å². The van der Waals surface area contributed by atoms with E-state index in [4.69, 9.17) is 21.1 Å². The third-order valence-electron chi connectivity index (χ3n) is 4.52. The minimum Gasteiger partial charge on any atom is -0.456 e. The summed E-state index contributed by atoms with van der Waals surface area (Å²) in [5.41, 5.74) is 9.54. The molecule has 0 aromatic heterocycles. The second-order valence-corrected chi connectivity index (χ2v) is 8.13. The maximum atomic E-state index is 12.0. The molecular weight excluding hydrogens is 382 g/mol. The Kier molecular flexibility index (Phi) is 7.97. The van der Waals surface area contributed by atoms with E-state index in [1.807, 2.05) is 32.9 Å². The van der Waals surface area contributed by atoms with E-state index in [9.17, 15) is 9.59 Å². The Bertz CT molecular complexity index is 873. The van der Waals surface area contributed by atoms with Crippen LogP contribution in [0.15, 0.2) is 36.4 Å². The number of carbonyl (C=O) groups excluding carboxylic acids is 2. The second-order valence-electron chi connectivity index (χ2n) is 8.13. The molecule has 0 heterocycles. The van der Waals surface area contributed by atoms with E-state index < -0.39 is 5.60 Å². The number of nitrogens with two attached hydrogens (primary N) is 2. The van der Waals surface area contributed by atoms with Crippen molar-refractivity contribution in [2.24, 2.45) is 5.84 Å². The summed E-state index contributed by atoms with van der Waals surface area (Å²) in [7, 11) is 0. The summed E-state index contributed by atoms with van der Waals surface area (Å²) < 4.78 is 11.1. The predicted octanol–water partition coefficient (Wildman–Crippen LogP) is 3.63. The fourth-order valence-electron chi connectivity index (χ4n) is 2.83. The smallest absolute Gasteiger partial charge is 0.338 e. The van der Waals surface area contributed by atoms with Crippen molar-refractivity contribution in [2.45, 2.75) is 46.3 Å². The van der Waals surface area contributed by atoms with Gasteiger partial charge in [0.1, 0.15) is 11.9 Å². The summed E-state index contributed by atoms with van der Waals surface area (Å²) in [5.74, 6) is 5.76. The summed E-state index contributed by atoms with van der Waals surface area (Å²) >= 11 is 0. The summed E-state index contributed by atoms with van der Waals surface area (Å²) in [6.07, 6.45) is 1.49. The number of hydrazine groups is 1. The Morgan fingerprint density at radius 2 is 1.80 bits per heavy atom. The van der Waals surface area contributed by atoms with Crippen LogP contribution in [0.5, 0.6) is 0 Å². The molecule has 30 heavy (non-hydrogen) atoms. The maximum absolute atomic E-state index is 12.0. The Hall–Kier alpha value is -2.90. The quantitative estimate of drug-likeness (QED) is 0.161. The molecule has 0 fully saturated rings. The Balaban J connectivity index is 1.77. The molecule has 0 saturated heterocycles. The van der Waals surface area contributed by atoms with Gasteiger partial charge in [-0.1, -0.05) is 12.1 Å². The van der Waals surface area contributed by atoms with Crippen LogP contribution in [0, 0.1) is 6.92 Å². The number of nitrogen functional groups attached to an aromatic ring is 1. The van der Waals surface area contributed by atoms with E-state index in [0.717, 1.165) is 17.4 Å². The number of anilines is 2. The van der Waals surface area contributed by atoms with E-state index >= 15 is 0 Å². The molecule has 0 bridgehead atoms. The molecule has 0 unspecified atom stereocenters. The molecule has 162 valence electrons. The zero-order chi connectivity index (χ0) is 22.3. The Morgan fingerprint density at radius 3 is 2.40 bits per heavy atom. The normalized spacial score (nSPS) is 11.2. The number of hydrogen-bond donors (Lipinski definition) is 2. The van der Waals surface area contributed by atoms with Gasteiger partial charge < -0.3 is 20.2 Å². The van der Waals surface area contributed by atoms with Gasteiger partial charge in [0.05, 0.1) is 23.5 Å². The van der Waals surface area contributed by atoms with Gasteiger partial charge in [-0.3, -0.25) is 4.79 Å². The molecule has 0 aliphatic carbocycles. The fraction of sp³-hybridized carbons (Fsp3) is 0.391. The molecule has 0 spiro atoms. The average Bonchev–Trinajstić information content (AvgIpc) is 2.68. The van der Waals surface area contributed by atoms with E-state index in [1.165, 1.54) is 0 Å². The molecule has 2 aromatic carbocycles. The Morgan fingerprint density at radius 1 is 1.13 bits per heavy atom. The lowest BCUT2D eigenvalue weighted by Crippen LogP contribution is -2.33. The van der Waals surface area contributed by atoms with Gasteiger partial charge in [0.15, 0.2) is 0 Å². The van der Waals surface area contributed by atoms with Gasteiger partial charge >= 0.3 is 5.97 Å². The summed E-state index contributed by atoms with van der Waals surface area (Å²) in [6.45, 7) is 8.83. The van der Waals surface area contributed by atoms with Crippen LogP contribution in [-0.2, 0) is 16.1 Å². The highest BCUT2D eigenvalue weighted by Crippen LogP contribution is 2.26. The van der Waals surface area contributed by atoms with Crippen LogP contribution in [0.25, 0.3) is 0 Å². The van der Waals surface area contributed by atoms with Crippen molar-refractivity contribution in [3.8, 4) is 0 Å². The standard InChI is InChI=1S/C23H31N3O4/c1-16-19(14-27)10-11-20(21(16)24)26(25)12-5-13-29-15-17-6-8-18(9-7-17)22(28)30-23(2,3)4/h6-11,14H,5,12-13,15,24-25H2,1-4H3. The zero-order valence-electron chi connectivity index (χ0n) is 18.1. The molecule has 0 radical (unpaired) electrons. The molecule has 0 aliphatic heterocycles. The minimum atomic E-state index is -0.518. The van der Waals surface area contributed by atoms with Crippen molar-refractivity contribution in [1.82, 2.24) is 0 Å². The molecule has 0 saturated carbocycles. The molecular formula is C23H31N3O4. The number of carbonyl (C=O) groups is 2. The fourth-order valence-corrected chi connectivity index (χ4v) is 2.83. The number of rotatable bonds is 9. The van der Waals surface area contributed by atoms with Gasteiger partial charge in [-0.2, -0.15) is 0 Å². The maximum Gasteiger partial charge on any atom is 0.338 e. The summed E-state index contributed by atoms with van der Waals surface area (Å²) in [5, 5.41) is 1.57. The molecule has 7 nitrogen and oxygen atoms in total. The highest BCUT2D eigenvalue weighted by molar-refractivity contribution is 5.89. The lowest BCUT2D eigenvalue weighted by Gasteiger charge is -2.22. The largest absolute Gasteiger partial charge is 0.456 e. The number of hydrogen-bond acceptors (Lipinski definition) is 7. The van der Waals surface area contributed by atoms with Crippen LogP contribution >= 0.6 is 0 Å². The topological polar surface area (TPSA) is 108 Å². The van der Waals surface area contributed by atoms with Crippen molar-refractivity contribution < 1.29 is 19.1 Å². The summed E-state index contributed by atoms with van der Waals surface area (Å²) in [4.78, 5) is 23.0. The van der Waals surface area contributed by atoms with Gasteiger partial charge in [0.25, 0.3) is 0 Å². The molecule has 0 atom stereocenters. The van der Waals surface area contributed by atoms with Crippen molar-refractivity contribution in [2.75, 3.05) is 23.9 Å². The minimum absolute atomic E-state index is 0.339. The highest BCUT2D eigenvalue weighted by Gasteiger charge is 2.17. The van der Waals surface area contributed by atoms with E-state index in [-0.39, 0.29) is 5.97 Å². The van der Waals surface area contributed by atoms with Crippen LogP contribution in [0.4, 0.5) is 11.4 Å². The first-order chi connectivity index (χ1) is 14.1. The molecule has 0 aliphatic rings. The lowest BCUT2D eigenvalue weighted by atomic mass is 10.1. The molecule has 2 rings (SSSR count). The van der Waals surface area contributed by atoms with Gasteiger partial charge in [-0.15, -0.1) is 0 Å². The molecule has 7 heteroatoms. The molecule has 4 N–H and O–H groups in total. The second kappa shape index (κ2) is 10.2. The number of aldehydes is 1. The number of nitrogens with zero attached hydrogens (tertiary/aromatic N) is 1. The third-order valence-corrected chi connectivity index (χ3v) is 4.52. The van der Waals surface area contributed by atoms with Crippen LogP contribution in [0.2, 0.25) is 0 Å². The first-order valence-corrected chi connectivity index (χ1v) is 9.89. The number of ether oxygens (including phenoxy) is 2. The average molecular weight is 414 g/mol. The van der Waals surface area contributed by atoms with Gasteiger partial charge in [-0.05, 0) is 69.5 Å². The zero-order valence-corrected chi connectivity index (χ0v) is 18.1. The van der Waals surface area contributed by atoms with E-state index in [0.29, 0.717) is 48.7 Å². The Labute approximate surface area is 177 Å². The lowest BCUT2D eigenvalue weighted by molar-refractivity contribution is 0.00693. The van der Waals surface area contributed by atoms with Crippen LogP contribution in [0.1, 0.15) is 59.0 Å². The first-order valence-electron chi connectivity index (χ1n) is 9.89. The van der Waals surface area contributed by atoms with Gasteiger partial charge in [0, 0.05) is 18.7 Å². The van der Waals surface area contributed by atoms with Crippen molar-refractivity contribution >= 4 is 23.6 Å².